The van der Waals surface area contributed by atoms with Crippen LogP contribution in [0.15, 0.2) is 18.2 Å². The second-order valence-corrected chi connectivity index (χ2v) is 4.75. The first kappa shape index (κ1) is 13.2. The van der Waals surface area contributed by atoms with Crippen LogP contribution in [0.5, 0.6) is 5.75 Å². The van der Waals surface area contributed by atoms with E-state index in [1.165, 1.54) is 6.07 Å². The minimum absolute atomic E-state index is 0.106. The highest BCUT2D eigenvalue weighted by molar-refractivity contribution is 6.31. The number of carboxylic acids is 1. The highest BCUT2D eigenvalue weighted by Crippen LogP contribution is 2.24. The lowest BCUT2D eigenvalue weighted by Crippen LogP contribution is -2.21. The van der Waals surface area contributed by atoms with Gasteiger partial charge in [0.25, 0.3) is 0 Å². The number of hydrogen-bond acceptors (Lipinski definition) is 3. The van der Waals surface area contributed by atoms with Crippen molar-refractivity contribution >= 4 is 17.6 Å². The molecule has 1 heterocycles. The van der Waals surface area contributed by atoms with Crippen molar-refractivity contribution in [2.45, 2.75) is 12.8 Å². The van der Waals surface area contributed by atoms with E-state index in [-0.39, 0.29) is 5.56 Å². The molecule has 18 heavy (non-hydrogen) atoms. The van der Waals surface area contributed by atoms with Gasteiger partial charge in [-0.1, -0.05) is 11.6 Å². The van der Waals surface area contributed by atoms with Crippen LogP contribution in [0, 0.1) is 5.92 Å². The van der Waals surface area contributed by atoms with Gasteiger partial charge in [0.15, 0.2) is 0 Å². The summed E-state index contributed by atoms with van der Waals surface area (Å²) in [5, 5.41) is 9.46. The SMILES string of the molecule is O=C(O)c1cc(Cl)ccc1OCC1CCOCC1. The molecule has 1 aromatic rings. The zero-order chi connectivity index (χ0) is 13.0. The average Bonchev–Trinajstić information content (AvgIpc) is 2.38. The highest BCUT2D eigenvalue weighted by atomic mass is 35.5. The predicted molar refractivity (Wildman–Crippen MR) is 67.4 cm³/mol. The van der Waals surface area contributed by atoms with E-state index in [1.807, 2.05) is 0 Å². The second-order valence-electron chi connectivity index (χ2n) is 4.31. The van der Waals surface area contributed by atoms with Crippen LogP contribution >= 0.6 is 11.6 Å². The van der Waals surface area contributed by atoms with E-state index in [9.17, 15) is 4.79 Å². The molecule has 0 amide bonds. The van der Waals surface area contributed by atoms with Crippen molar-refractivity contribution in [2.24, 2.45) is 5.92 Å². The smallest absolute Gasteiger partial charge is 0.339 e. The molecule has 98 valence electrons. The fraction of sp³-hybridized carbons (Fsp3) is 0.462. The minimum Gasteiger partial charge on any atom is -0.492 e. The molecule has 4 nitrogen and oxygen atoms in total. The van der Waals surface area contributed by atoms with Crippen LogP contribution in [-0.2, 0) is 4.74 Å². The Morgan fingerprint density at radius 1 is 1.44 bits per heavy atom. The van der Waals surface area contributed by atoms with Crippen LogP contribution < -0.4 is 4.74 Å². The van der Waals surface area contributed by atoms with E-state index >= 15 is 0 Å². The second kappa shape index (κ2) is 6.07. The molecule has 1 N–H and O–H groups in total. The number of rotatable bonds is 4. The van der Waals surface area contributed by atoms with Gasteiger partial charge in [0.2, 0.25) is 0 Å². The maximum atomic E-state index is 11.1. The molecule has 5 heteroatoms. The van der Waals surface area contributed by atoms with Crippen molar-refractivity contribution in [3.8, 4) is 5.75 Å². The Morgan fingerprint density at radius 2 is 2.17 bits per heavy atom. The highest BCUT2D eigenvalue weighted by Gasteiger charge is 2.17. The monoisotopic (exact) mass is 270 g/mol. The van der Waals surface area contributed by atoms with Gasteiger partial charge < -0.3 is 14.6 Å². The Labute approximate surface area is 110 Å². The number of aromatic carboxylic acids is 1. The fourth-order valence-electron chi connectivity index (χ4n) is 1.92. The van der Waals surface area contributed by atoms with E-state index in [2.05, 4.69) is 0 Å². The molecule has 0 aromatic heterocycles. The number of ether oxygens (including phenoxy) is 2. The molecular weight excluding hydrogens is 256 g/mol. The van der Waals surface area contributed by atoms with Gasteiger partial charge in [-0.15, -0.1) is 0 Å². The molecule has 0 spiro atoms. The third-order valence-electron chi connectivity index (χ3n) is 2.99. The Morgan fingerprint density at radius 3 is 2.83 bits per heavy atom. The topological polar surface area (TPSA) is 55.8 Å². The molecule has 0 unspecified atom stereocenters. The molecule has 0 saturated carbocycles. The summed E-state index contributed by atoms with van der Waals surface area (Å²) in [7, 11) is 0. The summed E-state index contributed by atoms with van der Waals surface area (Å²) >= 11 is 5.77. The molecule has 0 atom stereocenters. The van der Waals surface area contributed by atoms with Crippen molar-refractivity contribution in [1.82, 2.24) is 0 Å². The molecule has 2 rings (SSSR count). The molecule has 0 radical (unpaired) electrons. The van der Waals surface area contributed by atoms with Gasteiger partial charge in [0.05, 0.1) is 6.61 Å². The predicted octanol–water partition coefficient (Wildman–Crippen LogP) is 2.84. The normalized spacial score (nSPS) is 16.5. The van der Waals surface area contributed by atoms with Crippen molar-refractivity contribution in [3.05, 3.63) is 28.8 Å². The molecule has 1 aliphatic rings. The molecular formula is C13H15ClO4. The summed E-state index contributed by atoms with van der Waals surface area (Å²) in [6, 6.07) is 4.64. The van der Waals surface area contributed by atoms with Crippen LogP contribution in [0.2, 0.25) is 5.02 Å². The summed E-state index contributed by atoms with van der Waals surface area (Å²) in [6.07, 6.45) is 1.91. The quantitative estimate of drug-likeness (QED) is 0.914. The Kier molecular flexibility index (Phi) is 4.44. The van der Waals surface area contributed by atoms with Crippen LogP contribution in [0.25, 0.3) is 0 Å². The third-order valence-corrected chi connectivity index (χ3v) is 3.22. The standard InChI is InChI=1S/C13H15ClO4/c14-10-1-2-12(11(7-10)13(15)16)18-8-9-3-5-17-6-4-9/h1-2,7,9H,3-6,8H2,(H,15,16). The Bertz CT molecular complexity index is 427. The molecule has 1 fully saturated rings. The average molecular weight is 271 g/mol. The van der Waals surface area contributed by atoms with Crippen molar-refractivity contribution in [3.63, 3.8) is 0 Å². The van der Waals surface area contributed by atoms with Crippen LogP contribution in [0.1, 0.15) is 23.2 Å². The summed E-state index contributed by atoms with van der Waals surface area (Å²) in [5.41, 5.74) is 0.106. The van der Waals surface area contributed by atoms with Gasteiger partial charge in [-0.05, 0) is 37.0 Å². The van der Waals surface area contributed by atoms with E-state index in [4.69, 9.17) is 26.2 Å². The maximum Gasteiger partial charge on any atom is 0.339 e. The van der Waals surface area contributed by atoms with Gasteiger partial charge in [0, 0.05) is 18.2 Å². The van der Waals surface area contributed by atoms with E-state index < -0.39 is 5.97 Å². The van der Waals surface area contributed by atoms with Gasteiger partial charge >= 0.3 is 5.97 Å². The van der Waals surface area contributed by atoms with Gasteiger partial charge in [-0.2, -0.15) is 0 Å². The third kappa shape index (κ3) is 3.37. The molecule has 1 saturated heterocycles. The lowest BCUT2D eigenvalue weighted by molar-refractivity contribution is 0.0490. The number of hydrogen-bond donors (Lipinski definition) is 1. The first-order chi connectivity index (χ1) is 8.66. The van der Waals surface area contributed by atoms with Crippen LogP contribution in [-0.4, -0.2) is 30.9 Å². The Hall–Kier alpha value is -1.26. The van der Waals surface area contributed by atoms with Crippen molar-refractivity contribution < 1.29 is 19.4 Å². The number of carboxylic acid groups (broad SMARTS) is 1. The molecule has 0 bridgehead atoms. The lowest BCUT2D eigenvalue weighted by atomic mass is 10.0. The largest absolute Gasteiger partial charge is 0.492 e. The number of carbonyl (C=O) groups is 1. The first-order valence-electron chi connectivity index (χ1n) is 5.90. The summed E-state index contributed by atoms with van der Waals surface area (Å²) in [4.78, 5) is 11.1. The molecule has 1 aromatic carbocycles. The van der Waals surface area contributed by atoms with Crippen LogP contribution in [0.3, 0.4) is 0 Å². The van der Waals surface area contributed by atoms with Crippen molar-refractivity contribution in [1.29, 1.82) is 0 Å². The number of benzene rings is 1. The van der Waals surface area contributed by atoms with Gasteiger partial charge in [-0.25, -0.2) is 4.79 Å². The van der Waals surface area contributed by atoms with E-state index in [0.29, 0.717) is 23.3 Å². The van der Waals surface area contributed by atoms with E-state index in [0.717, 1.165) is 26.1 Å². The number of halogens is 1. The minimum atomic E-state index is -1.03. The molecule has 1 aliphatic heterocycles. The Balaban J connectivity index is 2.01. The van der Waals surface area contributed by atoms with E-state index in [1.54, 1.807) is 12.1 Å². The fourth-order valence-corrected chi connectivity index (χ4v) is 2.09. The van der Waals surface area contributed by atoms with Crippen molar-refractivity contribution in [2.75, 3.05) is 19.8 Å². The summed E-state index contributed by atoms with van der Waals surface area (Å²) in [6.45, 7) is 2.02. The first-order valence-corrected chi connectivity index (χ1v) is 6.28. The maximum absolute atomic E-state index is 11.1. The lowest BCUT2D eigenvalue weighted by Gasteiger charge is -2.22. The summed E-state index contributed by atoms with van der Waals surface area (Å²) in [5.74, 6) is -0.228. The zero-order valence-electron chi connectivity index (χ0n) is 9.89. The molecule has 0 aliphatic carbocycles. The van der Waals surface area contributed by atoms with Crippen LogP contribution in [0.4, 0.5) is 0 Å². The van der Waals surface area contributed by atoms with Gasteiger partial charge in [0.1, 0.15) is 11.3 Å². The summed E-state index contributed by atoms with van der Waals surface area (Å²) < 4.78 is 10.9. The zero-order valence-corrected chi connectivity index (χ0v) is 10.7. The van der Waals surface area contributed by atoms with Gasteiger partial charge in [-0.3, -0.25) is 0 Å².